The first kappa shape index (κ1) is 9.33. The number of aryl methyl sites for hydroxylation is 1. The summed E-state index contributed by atoms with van der Waals surface area (Å²) in [6.45, 7) is 0. The van der Waals surface area contributed by atoms with Gasteiger partial charge in [-0.1, -0.05) is 6.42 Å². The van der Waals surface area contributed by atoms with Gasteiger partial charge in [0, 0.05) is 10.8 Å². The van der Waals surface area contributed by atoms with Gasteiger partial charge >= 0.3 is 5.97 Å². The minimum absolute atomic E-state index is 0.329. The summed E-state index contributed by atoms with van der Waals surface area (Å²) in [6.07, 6.45) is 5.44. The van der Waals surface area contributed by atoms with E-state index in [0.29, 0.717) is 5.92 Å². The van der Waals surface area contributed by atoms with Crippen LogP contribution in [0, 0.1) is 0 Å². The van der Waals surface area contributed by atoms with Crippen molar-refractivity contribution in [2.24, 2.45) is 0 Å². The van der Waals surface area contributed by atoms with Crippen molar-refractivity contribution in [3.63, 3.8) is 0 Å². The van der Waals surface area contributed by atoms with E-state index >= 15 is 0 Å². The zero-order chi connectivity index (χ0) is 10.4. The molecule has 0 spiro atoms. The van der Waals surface area contributed by atoms with Crippen LogP contribution in [0.1, 0.15) is 53.1 Å². The average Bonchev–Trinajstić information content (AvgIpc) is 2.57. The van der Waals surface area contributed by atoms with E-state index in [2.05, 4.69) is 4.98 Å². The van der Waals surface area contributed by atoms with Crippen LogP contribution in [0.3, 0.4) is 0 Å². The molecule has 0 aromatic carbocycles. The molecule has 0 amide bonds. The Bertz CT molecular complexity index is 409. The Hall–Kier alpha value is -0.900. The van der Waals surface area contributed by atoms with Crippen molar-refractivity contribution in [3.05, 3.63) is 15.6 Å². The fourth-order valence-corrected chi connectivity index (χ4v) is 3.63. The smallest absolute Gasteiger partial charge is 0.312 e. The highest BCUT2D eigenvalue weighted by Crippen LogP contribution is 2.43. The SMILES string of the molecule is O=C(O)C1CCc2sc(C3CCC3)nc21. The van der Waals surface area contributed by atoms with Gasteiger partial charge in [-0.25, -0.2) is 4.98 Å². The van der Waals surface area contributed by atoms with Crippen molar-refractivity contribution in [2.75, 3.05) is 0 Å². The molecule has 0 saturated heterocycles. The van der Waals surface area contributed by atoms with Gasteiger partial charge in [-0.15, -0.1) is 11.3 Å². The van der Waals surface area contributed by atoms with Crippen molar-refractivity contribution in [1.82, 2.24) is 4.98 Å². The van der Waals surface area contributed by atoms with Crippen LogP contribution in [0.5, 0.6) is 0 Å². The molecule has 1 aromatic rings. The van der Waals surface area contributed by atoms with Gasteiger partial charge < -0.3 is 5.11 Å². The lowest BCUT2D eigenvalue weighted by Gasteiger charge is -2.22. The predicted octanol–water partition coefficient (Wildman–Crippen LogP) is 2.53. The molecule has 2 aliphatic carbocycles. The zero-order valence-electron chi connectivity index (χ0n) is 8.40. The highest BCUT2D eigenvalue weighted by atomic mass is 32.1. The third kappa shape index (κ3) is 1.39. The van der Waals surface area contributed by atoms with Gasteiger partial charge in [0.05, 0.1) is 10.7 Å². The number of carbonyl (C=O) groups is 1. The molecule has 1 N–H and O–H groups in total. The van der Waals surface area contributed by atoms with E-state index in [4.69, 9.17) is 5.11 Å². The number of hydrogen-bond donors (Lipinski definition) is 1. The lowest BCUT2D eigenvalue weighted by atomic mass is 9.86. The number of thiazole rings is 1. The Labute approximate surface area is 92.2 Å². The van der Waals surface area contributed by atoms with Crippen molar-refractivity contribution in [2.45, 2.75) is 43.9 Å². The standard InChI is InChI=1S/C11H13NO2S/c13-11(14)7-4-5-8-9(7)12-10(15-8)6-2-1-3-6/h6-7H,1-5H2,(H,13,14). The summed E-state index contributed by atoms with van der Waals surface area (Å²) in [4.78, 5) is 16.8. The van der Waals surface area contributed by atoms with Crippen LogP contribution < -0.4 is 0 Å². The Morgan fingerprint density at radius 3 is 2.80 bits per heavy atom. The van der Waals surface area contributed by atoms with Crippen molar-refractivity contribution in [1.29, 1.82) is 0 Å². The second-order valence-corrected chi connectivity index (χ2v) is 5.53. The van der Waals surface area contributed by atoms with Crippen molar-refractivity contribution >= 4 is 17.3 Å². The third-order valence-corrected chi connectivity index (χ3v) is 4.78. The summed E-state index contributed by atoms with van der Waals surface area (Å²) in [5, 5.41) is 10.2. The summed E-state index contributed by atoms with van der Waals surface area (Å²) in [7, 11) is 0. The lowest BCUT2D eigenvalue weighted by Crippen LogP contribution is -2.11. The molecule has 3 nitrogen and oxygen atoms in total. The first-order chi connectivity index (χ1) is 7.25. The summed E-state index contributed by atoms with van der Waals surface area (Å²) in [6, 6.07) is 0. The van der Waals surface area contributed by atoms with E-state index in [1.807, 2.05) is 0 Å². The number of fused-ring (bicyclic) bond motifs is 1. The lowest BCUT2D eigenvalue weighted by molar-refractivity contribution is -0.138. The van der Waals surface area contributed by atoms with Gasteiger partial charge in [0.2, 0.25) is 0 Å². The number of aromatic nitrogens is 1. The average molecular weight is 223 g/mol. The van der Waals surface area contributed by atoms with Crippen molar-refractivity contribution in [3.8, 4) is 0 Å². The first-order valence-electron chi connectivity index (χ1n) is 5.48. The molecule has 1 saturated carbocycles. The molecule has 0 bridgehead atoms. The second-order valence-electron chi connectivity index (χ2n) is 4.42. The summed E-state index contributed by atoms with van der Waals surface area (Å²) in [5.41, 5.74) is 0.870. The third-order valence-electron chi connectivity index (χ3n) is 3.49. The molecular formula is C11H13NO2S. The Kier molecular flexibility index (Phi) is 2.06. The van der Waals surface area contributed by atoms with E-state index in [1.54, 1.807) is 11.3 Å². The molecule has 15 heavy (non-hydrogen) atoms. The van der Waals surface area contributed by atoms with E-state index < -0.39 is 5.97 Å². The molecule has 4 heteroatoms. The molecule has 1 atom stereocenters. The molecule has 0 radical (unpaired) electrons. The number of rotatable bonds is 2. The van der Waals surface area contributed by atoms with Gasteiger partial charge in [0.15, 0.2) is 0 Å². The minimum Gasteiger partial charge on any atom is -0.481 e. The maximum absolute atomic E-state index is 11.0. The first-order valence-corrected chi connectivity index (χ1v) is 6.29. The maximum Gasteiger partial charge on any atom is 0.312 e. The number of nitrogens with zero attached hydrogens (tertiary/aromatic N) is 1. The summed E-state index contributed by atoms with van der Waals surface area (Å²) in [5.74, 6) is -0.403. The van der Waals surface area contributed by atoms with Gasteiger partial charge in [0.1, 0.15) is 5.92 Å². The molecule has 3 rings (SSSR count). The molecule has 1 fully saturated rings. The van der Waals surface area contributed by atoms with E-state index in [0.717, 1.165) is 18.5 Å². The number of aliphatic carboxylic acids is 1. The molecular weight excluding hydrogens is 210 g/mol. The topological polar surface area (TPSA) is 50.2 Å². The minimum atomic E-state index is -0.709. The van der Waals surface area contributed by atoms with E-state index in [-0.39, 0.29) is 5.92 Å². The fraction of sp³-hybridized carbons (Fsp3) is 0.636. The second kappa shape index (κ2) is 3.30. The van der Waals surface area contributed by atoms with Gasteiger partial charge in [0.25, 0.3) is 0 Å². The molecule has 1 heterocycles. The van der Waals surface area contributed by atoms with Crippen LogP contribution in [-0.2, 0) is 11.2 Å². The van der Waals surface area contributed by atoms with Crippen LogP contribution in [0.15, 0.2) is 0 Å². The maximum atomic E-state index is 11.0. The van der Waals surface area contributed by atoms with E-state index in [1.165, 1.54) is 29.1 Å². The fourth-order valence-electron chi connectivity index (χ4n) is 2.32. The number of carboxylic acids is 1. The molecule has 2 aliphatic rings. The van der Waals surface area contributed by atoms with Crippen molar-refractivity contribution < 1.29 is 9.90 Å². The predicted molar refractivity (Wildman–Crippen MR) is 57.4 cm³/mol. The molecule has 0 aliphatic heterocycles. The van der Waals surface area contributed by atoms with Crippen LogP contribution in [0.25, 0.3) is 0 Å². The Morgan fingerprint density at radius 2 is 2.20 bits per heavy atom. The monoisotopic (exact) mass is 223 g/mol. The highest BCUT2D eigenvalue weighted by Gasteiger charge is 2.34. The van der Waals surface area contributed by atoms with Crippen LogP contribution in [-0.4, -0.2) is 16.1 Å². The van der Waals surface area contributed by atoms with Gasteiger partial charge in [-0.2, -0.15) is 0 Å². The summed E-state index contributed by atoms with van der Waals surface area (Å²) >= 11 is 1.75. The Morgan fingerprint density at radius 1 is 1.40 bits per heavy atom. The normalized spacial score (nSPS) is 24.9. The molecule has 1 unspecified atom stereocenters. The Balaban J connectivity index is 1.91. The molecule has 80 valence electrons. The zero-order valence-corrected chi connectivity index (χ0v) is 9.22. The van der Waals surface area contributed by atoms with Gasteiger partial charge in [-0.05, 0) is 25.7 Å². The number of hydrogen-bond acceptors (Lipinski definition) is 3. The van der Waals surface area contributed by atoms with Gasteiger partial charge in [-0.3, -0.25) is 4.79 Å². The van der Waals surface area contributed by atoms with Crippen LogP contribution in [0.2, 0.25) is 0 Å². The summed E-state index contributed by atoms with van der Waals surface area (Å²) < 4.78 is 0. The van der Waals surface area contributed by atoms with E-state index in [9.17, 15) is 4.79 Å². The largest absolute Gasteiger partial charge is 0.481 e. The van der Waals surface area contributed by atoms with Crippen LogP contribution in [0.4, 0.5) is 0 Å². The quantitative estimate of drug-likeness (QED) is 0.838. The molecule has 1 aromatic heterocycles. The number of carboxylic acid groups (broad SMARTS) is 1. The van der Waals surface area contributed by atoms with Crippen LogP contribution >= 0.6 is 11.3 Å². The highest BCUT2D eigenvalue weighted by molar-refractivity contribution is 7.11.